The average Bonchev–Trinajstić information content (AvgIpc) is 3.29. The summed E-state index contributed by atoms with van der Waals surface area (Å²) in [6.07, 6.45) is 5.11. The number of nitrogens with zero attached hydrogens (tertiary/aromatic N) is 4. The number of fused-ring (bicyclic) bond motifs is 1. The highest BCUT2D eigenvalue weighted by molar-refractivity contribution is 6.31. The minimum atomic E-state index is -0.501. The van der Waals surface area contributed by atoms with Gasteiger partial charge in [-0.3, -0.25) is 5.10 Å². The van der Waals surface area contributed by atoms with Crippen LogP contribution in [0.3, 0.4) is 0 Å². The molecule has 2 atom stereocenters. The summed E-state index contributed by atoms with van der Waals surface area (Å²) >= 11 is 5.89. The zero-order valence-electron chi connectivity index (χ0n) is 14.4. The SMILES string of the molecule is CN(c1cnc2c(-c3cccc(Cl)c3F)[nH]nc2n1)[C@H]1CCC[C@@H]1CN. The maximum Gasteiger partial charge on any atom is 0.202 e. The molecule has 3 N–H and O–H groups in total. The Balaban J connectivity index is 1.71. The number of H-pyrrole nitrogens is 1. The lowest BCUT2D eigenvalue weighted by atomic mass is 10.0. The van der Waals surface area contributed by atoms with Crippen molar-refractivity contribution in [2.75, 3.05) is 18.5 Å². The molecule has 0 unspecified atom stereocenters. The van der Waals surface area contributed by atoms with Crippen LogP contribution in [-0.2, 0) is 0 Å². The number of nitrogens with two attached hydrogens (primary N) is 1. The van der Waals surface area contributed by atoms with Gasteiger partial charge in [-0.1, -0.05) is 24.1 Å². The molecule has 0 aliphatic heterocycles. The lowest BCUT2D eigenvalue weighted by molar-refractivity contribution is 0.472. The largest absolute Gasteiger partial charge is 0.355 e. The Labute approximate surface area is 155 Å². The monoisotopic (exact) mass is 374 g/mol. The number of benzene rings is 1. The van der Waals surface area contributed by atoms with Crippen LogP contribution in [0, 0.1) is 11.7 Å². The number of aromatic amines is 1. The molecule has 136 valence electrons. The Morgan fingerprint density at radius 3 is 3.04 bits per heavy atom. The molecule has 6 nitrogen and oxygen atoms in total. The number of anilines is 1. The summed E-state index contributed by atoms with van der Waals surface area (Å²) in [6, 6.07) is 5.19. The van der Waals surface area contributed by atoms with Gasteiger partial charge in [0.15, 0.2) is 5.82 Å². The van der Waals surface area contributed by atoms with Crippen molar-refractivity contribution >= 4 is 28.6 Å². The first-order valence-electron chi connectivity index (χ1n) is 8.68. The van der Waals surface area contributed by atoms with E-state index < -0.39 is 5.82 Å². The fourth-order valence-electron chi connectivity index (χ4n) is 3.81. The van der Waals surface area contributed by atoms with Crippen LogP contribution < -0.4 is 10.6 Å². The van der Waals surface area contributed by atoms with E-state index in [-0.39, 0.29) is 5.02 Å². The summed E-state index contributed by atoms with van der Waals surface area (Å²) in [6.45, 7) is 0.672. The van der Waals surface area contributed by atoms with Gasteiger partial charge in [0.05, 0.1) is 16.9 Å². The molecule has 2 heterocycles. The molecule has 1 aliphatic rings. The molecule has 1 aliphatic carbocycles. The van der Waals surface area contributed by atoms with Gasteiger partial charge in [0.1, 0.15) is 11.3 Å². The molecule has 26 heavy (non-hydrogen) atoms. The topological polar surface area (TPSA) is 83.7 Å². The van der Waals surface area contributed by atoms with E-state index in [0.29, 0.717) is 40.9 Å². The van der Waals surface area contributed by atoms with Gasteiger partial charge < -0.3 is 10.6 Å². The molecule has 0 radical (unpaired) electrons. The molecule has 2 aromatic heterocycles. The predicted octanol–water partition coefficient (Wildman–Crippen LogP) is 3.38. The van der Waals surface area contributed by atoms with Crippen molar-refractivity contribution in [2.24, 2.45) is 11.7 Å². The number of aromatic nitrogens is 4. The highest BCUT2D eigenvalue weighted by Gasteiger charge is 2.30. The van der Waals surface area contributed by atoms with E-state index in [2.05, 4.69) is 25.1 Å². The zero-order chi connectivity index (χ0) is 18.3. The van der Waals surface area contributed by atoms with E-state index >= 15 is 0 Å². The number of halogens is 2. The van der Waals surface area contributed by atoms with Crippen molar-refractivity contribution in [1.82, 2.24) is 20.2 Å². The fraction of sp³-hybridized carbons (Fsp3) is 0.389. The third-order valence-corrected chi connectivity index (χ3v) is 5.55. The molecule has 0 spiro atoms. The number of hydrogen-bond donors (Lipinski definition) is 2. The van der Waals surface area contributed by atoms with Crippen molar-refractivity contribution in [3.63, 3.8) is 0 Å². The lowest BCUT2D eigenvalue weighted by Gasteiger charge is -2.29. The Bertz CT molecular complexity index is 943. The van der Waals surface area contributed by atoms with Gasteiger partial charge in [-0.25, -0.2) is 14.4 Å². The van der Waals surface area contributed by atoms with Crippen molar-refractivity contribution in [2.45, 2.75) is 25.3 Å². The lowest BCUT2D eigenvalue weighted by Crippen LogP contribution is -2.38. The van der Waals surface area contributed by atoms with Crippen molar-refractivity contribution < 1.29 is 4.39 Å². The van der Waals surface area contributed by atoms with E-state index in [0.717, 1.165) is 18.7 Å². The molecule has 1 fully saturated rings. The molecule has 3 aromatic rings. The summed E-state index contributed by atoms with van der Waals surface area (Å²) < 4.78 is 14.3. The van der Waals surface area contributed by atoms with Crippen molar-refractivity contribution in [3.05, 3.63) is 35.2 Å². The van der Waals surface area contributed by atoms with Gasteiger partial charge in [0, 0.05) is 18.7 Å². The number of nitrogens with one attached hydrogen (secondary N) is 1. The van der Waals surface area contributed by atoms with Crippen LogP contribution >= 0.6 is 11.6 Å². The van der Waals surface area contributed by atoms with E-state index in [1.54, 1.807) is 18.3 Å². The number of rotatable bonds is 4. The summed E-state index contributed by atoms with van der Waals surface area (Å²) in [5, 5.41) is 7.12. The second-order valence-corrected chi connectivity index (χ2v) is 7.11. The zero-order valence-corrected chi connectivity index (χ0v) is 15.2. The van der Waals surface area contributed by atoms with Gasteiger partial charge in [-0.15, -0.1) is 0 Å². The molecule has 0 amide bonds. The number of hydrogen-bond acceptors (Lipinski definition) is 5. The first-order valence-corrected chi connectivity index (χ1v) is 9.06. The second-order valence-electron chi connectivity index (χ2n) is 6.71. The first-order chi connectivity index (χ1) is 12.6. The maximum atomic E-state index is 14.3. The smallest absolute Gasteiger partial charge is 0.202 e. The molecule has 8 heteroatoms. The van der Waals surface area contributed by atoms with E-state index in [1.165, 1.54) is 12.5 Å². The van der Waals surface area contributed by atoms with E-state index in [4.69, 9.17) is 17.3 Å². The highest BCUT2D eigenvalue weighted by atomic mass is 35.5. The quantitative estimate of drug-likeness (QED) is 0.731. The minimum Gasteiger partial charge on any atom is -0.355 e. The maximum absolute atomic E-state index is 14.3. The summed E-state index contributed by atoms with van der Waals surface area (Å²) in [5.41, 5.74) is 7.67. The van der Waals surface area contributed by atoms with E-state index in [9.17, 15) is 4.39 Å². The molecular formula is C18H20ClFN6. The molecular weight excluding hydrogens is 355 g/mol. The summed E-state index contributed by atoms with van der Waals surface area (Å²) in [5.74, 6) is 0.708. The van der Waals surface area contributed by atoms with Crippen LogP contribution in [0.4, 0.5) is 10.2 Å². The van der Waals surface area contributed by atoms with Gasteiger partial charge >= 0.3 is 0 Å². The molecule has 1 aromatic carbocycles. The average molecular weight is 375 g/mol. The van der Waals surface area contributed by atoms with Crippen LogP contribution in [0.25, 0.3) is 22.4 Å². The third kappa shape index (κ3) is 2.81. The normalized spacial score (nSPS) is 20.0. The van der Waals surface area contributed by atoms with Crippen LogP contribution in [0.5, 0.6) is 0 Å². The Morgan fingerprint density at radius 2 is 2.23 bits per heavy atom. The van der Waals surface area contributed by atoms with Crippen LogP contribution in [0.1, 0.15) is 19.3 Å². The second kappa shape index (κ2) is 6.81. The van der Waals surface area contributed by atoms with Gasteiger partial charge in [0.2, 0.25) is 5.65 Å². The highest BCUT2D eigenvalue weighted by Crippen LogP contribution is 2.33. The van der Waals surface area contributed by atoms with Crippen LogP contribution in [-0.4, -0.2) is 39.8 Å². The minimum absolute atomic E-state index is 0.0589. The molecule has 0 saturated heterocycles. The summed E-state index contributed by atoms with van der Waals surface area (Å²) in [7, 11) is 2.01. The Morgan fingerprint density at radius 1 is 1.38 bits per heavy atom. The van der Waals surface area contributed by atoms with E-state index in [1.807, 2.05) is 7.05 Å². The Hall–Kier alpha value is -2.25. The van der Waals surface area contributed by atoms with Crippen molar-refractivity contribution in [1.29, 1.82) is 0 Å². The predicted molar refractivity (Wildman–Crippen MR) is 101 cm³/mol. The van der Waals surface area contributed by atoms with Crippen LogP contribution in [0.15, 0.2) is 24.4 Å². The Kier molecular flexibility index (Phi) is 4.50. The third-order valence-electron chi connectivity index (χ3n) is 5.25. The van der Waals surface area contributed by atoms with Gasteiger partial charge in [-0.2, -0.15) is 5.10 Å². The van der Waals surface area contributed by atoms with Gasteiger partial charge in [0.25, 0.3) is 0 Å². The molecule has 4 rings (SSSR count). The molecule has 0 bridgehead atoms. The van der Waals surface area contributed by atoms with Crippen molar-refractivity contribution in [3.8, 4) is 11.3 Å². The van der Waals surface area contributed by atoms with Crippen LogP contribution in [0.2, 0.25) is 5.02 Å². The molecule has 1 saturated carbocycles. The summed E-state index contributed by atoms with van der Waals surface area (Å²) in [4.78, 5) is 11.2. The fourth-order valence-corrected chi connectivity index (χ4v) is 3.99. The standard InChI is InChI=1S/C18H20ClFN6/c1-26(13-7-2-4-10(13)8-21)14-9-22-17-16(24-25-18(17)23-14)11-5-3-6-12(19)15(11)20/h3,5-6,9-10,13H,2,4,7-8,21H2,1H3,(H,23,24,25)/t10-,13+/m1/s1. The first kappa shape index (κ1) is 17.2. The van der Waals surface area contributed by atoms with Gasteiger partial charge in [-0.05, 0) is 37.4 Å².